The number of rotatable bonds is 5. The molecule has 5 nitrogen and oxygen atoms in total. The van der Waals surface area contributed by atoms with Crippen LogP contribution in [0, 0.1) is 5.92 Å². The minimum atomic E-state index is -4.43. The number of hydrogen-bond donors (Lipinski definition) is 0. The molecule has 0 radical (unpaired) electrons. The normalized spacial score (nSPS) is 15.1. The van der Waals surface area contributed by atoms with Crippen molar-refractivity contribution < 1.29 is 22.8 Å². The van der Waals surface area contributed by atoms with Gasteiger partial charge in [-0.05, 0) is 49.2 Å². The second-order valence-electron chi connectivity index (χ2n) is 7.47. The molecule has 0 bridgehead atoms. The van der Waals surface area contributed by atoms with E-state index in [9.17, 15) is 22.8 Å². The van der Waals surface area contributed by atoms with Gasteiger partial charge in [-0.2, -0.15) is 13.2 Å². The second kappa shape index (κ2) is 9.28. The van der Waals surface area contributed by atoms with Gasteiger partial charge in [0.25, 0.3) is 5.91 Å². The number of amides is 2. The second-order valence-corrected chi connectivity index (χ2v) is 7.47. The number of carbonyl (C=O) groups excluding carboxylic acids is 2. The van der Waals surface area contributed by atoms with Crippen molar-refractivity contribution in [2.24, 2.45) is 5.92 Å². The minimum Gasteiger partial charge on any atom is -0.345 e. The van der Waals surface area contributed by atoms with E-state index >= 15 is 0 Å². The Morgan fingerprint density at radius 2 is 1.77 bits per heavy atom. The van der Waals surface area contributed by atoms with Gasteiger partial charge in [0.15, 0.2) is 0 Å². The van der Waals surface area contributed by atoms with Crippen LogP contribution in [-0.2, 0) is 17.4 Å². The highest BCUT2D eigenvalue weighted by molar-refractivity contribution is 5.94. The van der Waals surface area contributed by atoms with E-state index in [0.29, 0.717) is 38.9 Å². The molecule has 3 rings (SSSR count). The van der Waals surface area contributed by atoms with Crippen molar-refractivity contribution in [1.82, 2.24) is 14.8 Å². The molecule has 0 N–H and O–H groups in total. The minimum absolute atomic E-state index is 0.0487. The van der Waals surface area contributed by atoms with Gasteiger partial charge in [0.2, 0.25) is 5.91 Å². The first-order valence-electron chi connectivity index (χ1n) is 9.87. The van der Waals surface area contributed by atoms with Crippen LogP contribution in [0.4, 0.5) is 13.2 Å². The highest BCUT2D eigenvalue weighted by Gasteiger charge is 2.32. The Kier molecular flexibility index (Phi) is 6.74. The number of halogens is 3. The molecule has 0 atom stereocenters. The van der Waals surface area contributed by atoms with E-state index in [1.807, 2.05) is 18.2 Å². The molecule has 0 unspecified atom stereocenters. The van der Waals surface area contributed by atoms with Gasteiger partial charge in [-0.25, -0.2) is 0 Å². The van der Waals surface area contributed by atoms with Crippen LogP contribution in [0.1, 0.15) is 34.5 Å². The molecule has 0 saturated carbocycles. The summed E-state index contributed by atoms with van der Waals surface area (Å²) in [5.41, 5.74) is 0.367. The molecule has 1 aromatic heterocycles. The average molecular weight is 419 g/mol. The van der Waals surface area contributed by atoms with Gasteiger partial charge < -0.3 is 9.80 Å². The summed E-state index contributed by atoms with van der Waals surface area (Å²) in [7, 11) is 1.77. The Balaban J connectivity index is 1.50. The first-order chi connectivity index (χ1) is 14.3. The number of benzene rings is 1. The lowest BCUT2D eigenvalue weighted by molar-refractivity contribution is -0.137. The van der Waals surface area contributed by atoms with E-state index < -0.39 is 11.7 Å². The van der Waals surface area contributed by atoms with E-state index in [0.717, 1.165) is 17.8 Å². The predicted octanol–water partition coefficient (Wildman–Crippen LogP) is 3.65. The van der Waals surface area contributed by atoms with Crippen LogP contribution in [0.5, 0.6) is 0 Å². The number of aromatic nitrogens is 1. The molecule has 8 heteroatoms. The molecule has 1 aromatic carbocycles. The zero-order valence-corrected chi connectivity index (χ0v) is 16.7. The van der Waals surface area contributed by atoms with Gasteiger partial charge in [-0.15, -0.1) is 0 Å². The maximum atomic E-state index is 12.7. The Labute approximate surface area is 173 Å². The molecule has 1 fully saturated rings. The van der Waals surface area contributed by atoms with Crippen molar-refractivity contribution in [3.63, 3.8) is 0 Å². The molecular formula is C22H24F3N3O2. The lowest BCUT2D eigenvalue weighted by Gasteiger charge is -2.33. The first-order valence-corrected chi connectivity index (χ1v) is 9.87. The van der Waals surface area contributed by atoms with E-state index in [1.165, 1.54) is 12.1 Å². The maximum absolute atomic E-state index is 12.7. The molecule has 2 aromatic rings. The smallest absolute Gasteiger partial charge is 0.345 e. The number of carbonyl (C=O) groups is 2. The van der Waals surface area contributed by atoms with Gasteiger partial charge >= 0.3 is 6.18 Å². The molecule has 1 aliphatic rings. The summed E-state index contributed by atoms with van der Waals surface area (Å²) >= 11 is 0. The third-order valence-electron chi connectivity index (χ3n) is 5.40. The van der Waals surface area contributed by atoms with Crippen molar-refractivity contribution in [2.75, 3.05) is 26.7 Å². The molecular weight excluding hydrogens is 395 g/mol. The van der Waals surface area contributed by atoms with E-state index in [2.05, 4.69) is 4.98 Å². The van der Waals surface area contributed by atoms with Gasteiger partial charge in [0.05, 0.1) is 5.56 Å². The first kappa shape index (κ1) is 21.8. The maximum Gasteiger partial charge on any atom is 0.416 e. The average Bonchev–Trinajstić information content (AvgIpc) is 2.77. The fourth-order valence-corrected chi connectivity index (χ4v) is 3.56. The Morgan fingerprint density at radius 1 is 1.10 bits per heavy atom. The SMILES string of the molecule is CN(CCc1ccccn1)C(=O)C1CCN(C(=O)c2ccc(C(F)(F)F)cc2)CC1. The predicted molar refractivity (Wildman–Crippen MR) is 106 cm³/mol. The summed E-state index contributed by atoms with van der Waals surface area (Å²) in [4.78, 5) is 32.8. The van der Waals surface area contributed by atoms with Gasteiger partial charge in [-0.1, -0.05) is 6.07 Å². The fourth-order valence-electron chi connectivity index (χ4n) is 3.56. The van der Waals surface area contributed by atoms with Crippen LogP contribution in [0.25, 0.3) is 0 Å². The molecule has 1 aliphatic heterocycles. The highest BCUT2D eigenvalue weighted by atomic mass is 19.4. The number of piperidine rings is 1. The largest absolute Gasteiger partial charge is 0.416 e. The number of alkyl halides is 3. The quantitative estimate of drug-likeness (QED) is 0.744. The molecule has 0 aliphatic carbocycles. The van der Waals surface area contributed by atoms with Crippen molar-refractivity contribution in [3.05, 3.63) is 65.5 Å². The van der Waals surface area contributed by atoms with Crippen molar-refractivity contribution in [3.8, 4) is 0 Å². The van der Waals surface area contributed by atoms with Crippen molar-refractivity contribution >= 4 is 11.8 Å². The lowest BCUT2D eigenvalue weighted by Crippen LogP contribution is -2.43. The standard InChI is InChI=1S/C22H24F3N3O2/c1-27(13-11-19-4-2-3-12-26-19)20(29)17-9-14-28(15-10-17)21(30)16-5-7-18(8-6-16)22(23,24)25/h2-8,12,17H,9-11,13-15H2,1H3. The van der Waals surface area contributed by atoms with E-state index in [-0.39, 0.29) is 23.3 Å². The van der Waals surface area contributed by atoms with Crippen LogP contribution in [0.3, 0.4) is 0 Å². The summed E-state index contributed by atoms with van der Waals surface area (Å²) in [6, 6.07) is 9.91. The summed E-state index contributed by atoms with van der Waals surface area (Å²) in [5, 5.41) is 0. The fraction of sp³-hybridized carbons (Fsp3) is 0.409. The topological polar surface area (TPSA) is 53.5 Å². The van der Waals surface area contributed by atoms with Gasteiger partial charge in [0, 0.05) is 56.5 Å². The Hall–Kier alpha value is -2.90. The molecule has 2 heterocycles. The molecule has 160 valence electrons. The zero-order valence-electron chi connectivity index (χ0n) is 16.7. The van der Waals surface area contributed by atoms with Gasteiger partial charge in [0.1, 0.15) is 0 Å². The third kappa shape index (κ3) is 5.37. The highest BCUT2D eigenvalue weighted by Crippen LogP contribution is 2.29. The number of likely N-dealkylation sites (tertiary alicyclic amines) is 1. The van der Waals surface area contributed by atoms with Crippen LogP contribution in [-0.4, -0.2) is 53.3 Å². The van der Waals surface area contributed by atoms with Crippen molar-refractivity contribution in [1.29, 1.82) is 0 Å². The number of hydrogen-bond acceptors (Lipinski definition) is 3. The number of nitrogens with zero attached hydrogens (tertiary/aromatic N) is 3. The monoisotopic (exact) mass is 419 g/mol. The Morgan fingerprint density at radius 3 is 2.33 bits per heavy atom. The van der Waals surface area contributed by atoms with E-state index in [4.69, 9.17) is 0 Å². The van der Waals surface area contributed by atoms with Crippen LogP contribution < -0.4 is 0 Å². The summed E-state index contributed by atoms with van der Waals surface area (Å²) in [5.74, 6) is -0.416. The summed E-state index contributed by atoms with van der Waals surface area (Å²) in [6.07, 6.45) is -0.948. The Bertz CT molecular complexity index is 861. The van der Waals surface area contributed by atoms with Crippen LogP contribution in [0.2, 0.25) is 0 Å². The van der Waals surface area contributed by atoms with Gasteiger partial charge in [-0.3, -0.25) is 14.6 Å². The lowest BCUT2D eigenvalue weighted by atomic mass is 9.94. The summed E-state index contributed by atoms with van der Waals surface area (Å²) in [6.45, 7) is 1.38. The molecule has 2 amide bonds. The third-order valence-corrected chi connectivity index (χ3v) is 5.40. The van der Waals surface area contributed by atoms with Crippen molar-refractivity contribution in [2.45, 2.75) is 25.4 Å². The molecule has 1 saturated heterocycles. The summed E-state index contributed by atoms with van der Waals surface area (Å²) < 4.78 is 38.0. The van der Waals surface area contributed by atoms with E-state index in [1.54, 1.807) is 23.0 Å². The molecule has 0 spiro atoms. The molecule has 30 heavy (non-hydrogen) atoms. The number of pyridine rings is 1. The van der Waals surface area contributed by atoms with Crippen LogP contribution in [0.15, 0.2) is 48.7 Å². The zero-order chi connectivity index (χ0) is 21.7. The van der Waals surface area contributed by atoms with Crippen LogP contribution >= 0.6 is 0 Å². The number of likely N-dealkylation sites (N-methyl/N-ethyl adjacent to an activating group) is 1.